The van der Waals surface area contributed by atoms with E-state index in [2.05, 4.69) is 0 Å². The molecule has 1 saturated carbocycles. The van der Waals surface area contributed by atoms with Crippen molar-refractivity contribution in [3.05, 3.63) is 34.9 Å². The summed E-state index contributed by atoms with van der Waals surface area (Å²) in [5.41, 5.74) is -2.08. The lowest BCUT2D eigenvalue weighted by atomic mass is 9.77. The second kappa shape index (κ2) is 5.13. The van der Waals surface area contributed by atoms with Gasteiger partial charge in [-0.1, -0.05) is 31.4 Å². The molecular formula is C14H17F3O2. The maximum atomic E-state index is 13.1. The summed E-state index contributed by atoms with van der Waals surface area (Å²) in [5, 5.41) is 19.5. The minimum absolute atomic E-state index is 0.0584. The van der Waals surface area contributed by atoms with Crippen LogP contribution in [0.25, 0.3) is 0 Å². The standard InChI is InChI=1S/C14H17F3O2/c15-14(16,17)12-8-10(9-18)4-5-11(12)13(19)6-2-1-3-7-13/h4-5,8,18-19H,1-3,6-7,9H2. The molecule has 0 atom stereocenters. The van der Waals surface area contributed by atoms with Crippen molar-refractivity contribution in [3.63, 3.8) is 0 Å². The third kappa shape index (κ3) is 2.92. The average molecular weight is 274 g/mol. The quantitative estimate of drug-likeness (QED) is 0.868. The molecule has 0 unspecified atom stereocenters. The molecule has 0 radical (unpaired) electrons. The molecule has 0 aromatic heterocycles. The summed E-state index contributed by atoms with van der Waals surface area (Å²) >= 11 is 0. The van der Waals surface area contributed by atoms with Crippen LogP contribution in [0, 0.1) is 0 Å². The Labute approximate surface area is 109 Å². The van der Waals surface area contributed by atoms with E-state index < -0.39 is 23.9 Å². The predicted octanol–water partition coefficient (Wildman–Crippen LogP) is 3.35. The second-order valence-electron chi connectivity index (χ2n) is 5.13. The van der Waals surface area contributed by atoms with Crippen LogP contribution in [0.3, 0.4) is 0 Å². The number of rotatable bonds is 2. The number of aliphatic hydroxyl groups is 2. The molecule has 2 nitrogen and oxygen atoms in total. The topological polar surface area (TPSA) is 40.5 Å². The van der Waals surface area contributed by atoms with Crippen molar-refractivity contribution in [3.8, 4) is 0 Å². The third-order valence-electron chi connectivity index (χ3n) is 3.75. The van der Waals surface area contributed by atoms with Crippen LogP contribution >= 0.6 is 0 Å². The summed E-state index contributed by atoms with van der Waals surface area (Å²) < 4.78 is 39.3. The van der Waals surface area contributed by atoms with Crippen molar-refractivity contribution in [2.75, 3.05) is 0 Å². The fourth-order valence-corrected chi connectivity index (χ4v) is 2.74. The van der Waals surface area contributed by atoms with Gasteiger partial charge in [0.2, 0.25) is 0 Å². The van der Waals surface area contributed by atoms with Gasteiger partial charge in [0.05, 0.1) is 17.8 Å². The highest BCUT2D eigenvalue weighted by Crippen LogP contribution is 2.43. The SMILES string of the molecule is OCc1ccc(C2(O)CCCCC2)c(C(F)(F)F)c1. The minimum Gasteiger partial charge on any atom is -0.392 e. The molecule has 1 aromatic rings. The van der Waals surface area contributed by atoms with E-state index >= 15 is 0 Å². The lowest BCUT2D eigenvalue weighted by Gasteiger charge is -2.34. The van der Waals surface area contributed by atoms with Gasteiger partial charge in [-0.05, 0) is 30.0 Å². The van der Waals surface area contributed by atoms with Crippen molar-refractivity contribution < 1.29 is 23.4 Å². The number of benzene rings is 1. The van der Waals surface area contributed by atoms with E-state index in [0.717, 1.165) is 25.3 Å². The zero-order valence-corrected chi connectivity index (χ0v) is 10.5. The highest BCUT2D eigenvalue weighted by molar-refractivity contribution is 5.38. The molecule has 0 saturated heterocycles. The average Bonchev–Trinajstić information content (AvgIpc) is 2.38. The van der Waals surface area contributed by atoms with Crippen LogP contribution in [0.2, 0.25) is 0 Å². The third-order valence-corrected chi connectivity index (χ3v) is 3.75. The number of hydrogen-bond donors (Lipinski definition) is 2. The monoisotopic (exact) mass is 274 g/mol. The van der Waals surface area contributed by atoms with E-state index in [0.29, 0.717) is 12.8 Å². The van der Waals surface area contributed by atoms with Crippen molar-refractivity contribution in [2.45, 2.75) is 50.5 Å². The molecule has 2 rings (SSSR count). The van der Waals surface area contributed by atoms with Crippen molar-refractivity contribution in [2.24, 2.45) is 0 Å². The number of aliphatic hydroxyl groups excluding tert-OH is 1. The van der Waals surface area contributed by atoms with Crippen LogP contribution in [0.15, 0.2) is 18.2 Å². The molecule has 5 heteroatoms. The van der Waals surface area contributed by atoms with Crippen molar-refractivity contribution in [1.29, 1.82) is 0 Å². The zero-order chi connectivity index (χ0) is 14.1. The van der Waals surface area contributed by atoms with Crippen LogP contribution in [0.5, 0.6) is 0 Å². The largest absolute Gasteiger partial charge is 0.416 e. The van der Waals surface area contributed by atoms with E-state index in [1.54, 1.807) is 0 Å². The molecule has 0 bridgehead atoms. The summed E-state index contributed by atoms with van der Waals surface area (Å²) in [6.07, 6.45) is -1.40. The maximum Gasteiger partial charge on any atom is 0.416 e. The van der Waals surface area contributed by atoms with E-state index in [-0.39, 0.29) is 11.1 Å². The summed E-state index contributed by atoms with van der Waals surface area (Å²) in [5.74, 6) is 0. The summed E-state index contributed by atoms with van der Waals surface area (Å²) in [4.78, 5) is 0. The van der Waals surface area contributed by atoms with Gasteiger partial charge in [-0.3, -0.25) is 0 Å². The first-order chi connectivity index (χ1) is 8.87. The molecule has 0 spiro atoms. The van der Waals surface area contributed by atoms with Crippen molar-refractivity contribution in [1.82, 2.24) is 0 Å². The van der Waals surface area contributed by atoms with Gasteiger partial charge in [-0.25, -0.2) is 0 Å². The van der Waals surface area contributed by atoms with Gasteiger partial charge in [0, 0.05) is 0 Å². The Kier molecular flexibility index (Phi) is 3.87. The van der Waals surface area contributed by atoms with Crippen LogP contribution in [-0.4, -0.2) is 10.2 Å². The summed E-state index contributed by atoms with van der Waals surface area (Å²) in [6, 6.07) is 3.68. The van der Waals surface area contributed by atoms with Gasteiger partial charge >= 0.3 is 6.18 Å². The highest BCUT2D eigenvalue weighted by Gasteiger charge is 2.41. The zero-order valence-electron chi connectivity index (χ0n) is 10.5. The molecule has 0 heterocycles. The molecule has 1 aliphatic rings. The normalized spacial score (nSPS) is 19.4. The first-order valence-electron chi connectivity index (χ1n) is 6.41. The molecule has 1 aromatic carbocycles. The fraction of sp³-hybridized carbons (Fsp3) is 0.571. The van der Waals surface area contributed by atoms with Gasteiger partial charge in [-0.15, -0.1) is 0 Å². The van der Waals surface area contributed by atoms with Gasteiger partial charge in [0.25, 0.3) is 0 Å². The Bertz CT molecular complexity index is 448. The van der Waals surface area contributed by atoms with E-state index in [4.69, 9.17) is 5.11 Å². The van der Waals surface area contributed by atoms with Crippen LogP contribution in [-0.2, 0) is 18.4 Å². The van der Waals surface area contributed by atoms with E-state index in [1.807, 2.05) is 0 Å². The molecule has 0 amide bonds. The van der Waals surface area contributed by atoms with Gasteiger partial charge in [0.1, 0.15) is 0 Å². The van der Waals surface area contributed by atoms with Gasteiger partial charge < -0.3 is 10.2 Å². The predicted molar refractivity (Wildman–Crippen MR) is 64.3 cm³/mol. The Hall–Kier alpha value is -1.07. The number of hydrogen-bond acceptors (Lipinski definition) is 2. The molecule has 2 N–H and O–H groups in total. The summed E-state index contributed by atoms with van der Waals surface area (Å²) in [7, 11) is 0. The molecule has 19 heavy (non-hydrogen) atoms. The van der Waals surface area contributed by atoms with Crippen LogP contribution in [0.1, 0.15) is 48.8 Å². The van der Waals surface area contributed by atoms with Gasteiger partial charge in [0.15, 0.2) is 0 Å². The van der Waals surface area contributed by atoms with E-state index in [1.165, 1.54) is 12.1 Å². The lowest BCUT2D eigenvalue weighted by Crippen LogP contribution is -2.31. The van der Waals surface area contributed by atoms with Crippen LogP contribution in [0.4, 0.5) is 13.2 Å². The van der Waals surface area contributed by atoms with Gasteiger partial charge in [-0.2, -0.15) is 13.2 Å². The first kappa shape index (κ1) is 14.3. The van der Waals surface area contributed by atoms with Crippen LogP contribution < -0.4 is 0 Å². The first-order valence-corrected chi connectivity index (χ1v) is 6.41. The number of halogens is 3. The lowest BCUT2D eigenvalue weighted by molar-refractivity contribution is -0.141. The highest BCUT2D eigenvalue weighted by atomic mass is 19.4. The number of alkyl halides is 3. The van der Waals surface area contributed by atoms with E-state index in [9.17, 15) is 18.3 Å². The molecular weight excluding hydrogens is 257 g/mol. The second-order valence-corrected chi connectivity index (χ2v) is 5.13. The smallest absolute Gasteiger partial charge is 0.392 e. The van der Waals surface area contributed by atoms with Crippen molar-refractivity contribution >= 4 is 0 Å². The summed E-state index contributed by atoms with van der Waals surface area (Å²) in [6.45, 7) is -0.443. The minimum atomic E-state index is -4.52. The molecule has 1 fully saturated rings. The Morgan fingerprint density at radius 3 is 2.26 bits per heavy atom. The Balaban J connectivity index is 2.49. The molecule has 106 valence electrons. The fourth-order valence-electron chi connectivity index (χ4n) is 2.74. The Morgan fingerprint density at radius 1 is 1.11 bits per heavy atom. The molecule has 0 aliphatic heterocycles. The molecule has 1 aliphatic carbocycles. The maximum absolute atomic E-state index is 13.1. The Morgan fingerprint density at radius 2 is 1.74 bits per heavy atom.